The van der Waals surface area contributed by atoms with Gasteiger partial charge in [-0.05, 0) is 44.2 Å². The molecule has 1 aliphatic carbocycles. The second-order valence-electron chi connectivity index (χ2n) is 7.61. The van der Waals surface area contributed by atoms with Crippen molar-refractivity contribution < 1.29 is 4.42 Å². The van der Waals surface area contributed by atoms with Crippen LogP contribution in [0.3, 0.4) is 0 Å². The Morgan fingerprint density at radius 2 is 2.08 bits per heavy atom. The monoisotopic (exact) mass is 356 g/mol. The summed E-state index contributed by atoms with van der Waals surface area (Å²) < 4.78 is 7.68. The summed E-state index contributed by atoms with van der Waals surface area (Å²) >= 11 is 0. The van der Waals surface area contributed by atoms with Gasteiger partial charge in [-0.25, -0.2) is 4.98 Å². The fourth-order valence-electron chi connectivity index (χ4n) is 3.85. The SMILES string of the molecule is CCn1ccnc(N2CCC(NCc3ccc([C@H]4C[C@H]4C)o3)CC2)c1=O. The highest BCUT2D eigenvalue weighted by Gasteiger charge is 2.36. The summed E-state index contributed by atoms with van der Waals surface area (Å²) in [6, 6.07) is 4.69. The number of nitrogens with zero attached hydrogens (tertiary/aromatic N) is 3. The molecule has 26 heavy (non-hydrogen) atoms. The zero-order valence-corrected chi connectivity index (χ0v) is 15.6. The van der Waals surface area contributed by atoms with Crippen LogP contribution in [-0.2, 0) is 13.1 Å². The number of rotatable bonds is 6. The number of nitrogens with one attached hydrogen (secondary N) is 1. The highest BCUT2D eigenvalue weighted by atomic mass is 16.3. The Labute approximate surface area is 154 Å². The minimum absolute atomic E-state index is 0.0128. The number of furan rings is 1. The largest absolute Gasteiger partial charge is 0.464 e. The van der Waals surface area contributed by atoms with Crippen LogP contribution in [0.15, 0.2) is 33.7 Å². The van der Waals surface area contributed by atoms with Crippen LogP contribution < -0.4 is 15.8 Å². The van der Waals surface area contributed by atoms with Crippen molar-refractivity contribution in [3.8, 4) is 0 Å². The molecule has 0 aromatic carbocycles. The Balaban J connectivity index is 1.29. The maximum Gasteiger partial charge on any atom is 0.293 e. The maximum atomic E-state index is 12.4. The quantitative estimate of drug-likeness (QED) is 0.862. The minimum atomic E-state index is 0.0128. The van der Waals surface area contributed by atoms with E-state index in [0.717, 1.165) is 49.9 Å². The van der Waals surface area contributed by atoms with Crippen LogP contribution in [-0.4, -0.2) is 28.7 Å². The molecule has 0 amide bonds. The van der Waals surface area contributed by atoms with E-state index in [0.29, 0.717) is 24.3 Å². The second-order valence-corrected chi connectivity index (χ2v) is 7.61. The van der Waals surface area contributed by atoms with Crippen molar-refractivity contribution in [2.45, 2.75) is 58.2 Å². The fraction of sp³-hybridized carbons (Fsp3) is 0.600. The molecule has 2 fully saturated rings. The number of aryl methyl sites for hydroxylation is 1. The van der Waals surface area contributed by atoms with E-state index in [9.17, 15) is 4.79 Å². The molecule has 4 rings (SSSR count). The van der Waals surface area contributed by atoms with Gasteiger partial charge in [0.25, 0.3) is 5.56 Å². The zero-order chi connectivity index (χ0) is 18.1. The molecular weight excluding hydrogens is 328 g/mol. The third kappa shape index (κ3) is 3.56. The predicted octanol–water partition coefficient (Wildman–Crippen LogP) is 2.74. The van der Waals surface area contributed by atoms with Gasteiger partial charge in [-0.15, -0.1) is 0 Å². The molecule has 1 saturated carbocycles. The fourth-order valence-corrected chi connectivity index (χ4v) is 3.85. The van der Waals surface area contributed by atoms with E-state index in [1.165, 1.54) is 6.42 Å². The van der Waals surface area contributed by atoms with Crippen LogP contribution >= 0.6 is 0 Å². The molecule has 6 heteroatoms. The van der Waals surface area contributed by atoms with Crippen molar-refractivity contribution in [3.63, 3.8) is 0 Å². The molecule has 2 aromatic rings. The van der Waals surface area contributed by atoms with Gasteiger partial charge in [0.15, 0.2) is 5.82 Å². The van der Waals surface area contributed by atoms with E-state index in [4.69, 9.17) is 4.42 Å². The summed E-state index contributed by atoms with van der Waals surface area (Å²) in [5.41, 5.74) is 0.0128. The van der Waals surface area contributed by atoms with Crippen LogP contribution in [0.5, 0.6) is 0 Å². The van der Waals surface area contributed by atoms with E-state index < -0.39 is 0 Å². The predicted molar refractivity (Wildman–Crippen MR) is 101 cm³/mol. The van der Waals surface area contributed by atoms with Gasteiger partial charge in [0.2, 0.25) is 0 Å². The van der Waals surface area contributed by atoms with Crippen LogP contribution in [0.4, 0.5) is 5.82 Å². The van der Waals surface area contributed by atoms with Crippen molar-refractivity contribution >= 4 is 5.82 Å². The molecular formula is C20H28N4O2. The Morgan fingerprint density at radius 3 is 2.77 bits per heavy atom. The van der Waals surface area contributed by atoms with Crippen molar-refractivity contribution in [1.29, 1.82) is 0 Å². The summed E-state index contributed by atoms with van der Waals surface area (Å²) in [5.74, 6) is 4.17. The van der Waals surface area contributed by atoms with E-state index in [2.05, 4.69) is 34.3 Å². The van der Waals surface area contributed by atoms with Crippen LogP contribution in [0.25, 0.3) is 0 Å². The molecule has 140 valence electrons. The van der Waals surface area contributed by atoms with Gasteiger partial charge < -0.3 is 19.2 Å². The number of hydrogen-bond donors (Lipinski definition) is 1. The first-order valence-electron chi connectivity index (χ1n) is 9.78. The average Bonchev–Trinajstić information content (AvgIpc) is 3.21. The van der Waals surface area contributed by atoms with Crippen molar-refractivity contribution in [2.75, 3.05) is 18.0 Å². The lowest BCUT2D eigenvalue weighted by molar-refractivity contribution is 0.379. The molecule has 2 atom stereocenters. The molecule has 0 spiro atoms. The Bertz CT molecular complexity index is 804. The Kier molecular flexibility index (Phi) is 4.85. The van der Waals surface area contributed by atoms with Crippen LogP contribution in [0.2, 0.25) is 0 Å². The molecule has 6 nitrogen and oxygen atoms in total. The standard InChI is InChI=1S/C20H28N4O2/c1-3-23-11-8-21-19(20(23)25)24-9-6-15(7-10-24)22-13-16-4-5-18(26-16)17-12-14(17)2/h4-5,8,11,14-15,17,22H,3,6-7,9-10,12-13H2,1-2H3/t14-,17+/m1/s1. The lowest BCUT2D eigenvalue weighted by atomic mass is 10.1. The second kappa shape index (κ2) is 7.27. The zero-order valence-electron chi connectivity index (χ0n) is 15.6. The van der Waals surface area contributed by atoms with E-state index >= 15 is 0 Å². The van der Waals surface area contributed by atoms with Gasteiger partial charge in [0.05, 0.1) is 6.54 Å². The normalized spacial score (nSPS) is 23.4. The molecule has 0 radical (unpaired) electrons. The van der Waals surface area contributed by atoms with Gasteiger partial charge in [0.1, 0.15) is 11.5 Å². The average molecular weight is 356 g/mol. The third-order valence-electron chi connectivity index (χ3n) is 5.75. The van der Waals surface area contributed by atoms with Gasteiger partial charge in [0, 0.05) is 44.0 Å². The lowest BCUT2D eigenvalue weighted by Gasteiger charge is -2.32. The molecule has 0 bridgehead atoms. The van der Waals surface area contributed by atoms with Crippen LogP contribution in [0, 0.1) is 5.92 Å². The topological polar surface area (TPSA) is 63.3 Å². The van der Waals surface area contributed by atoms with Crippen molar-refractivity contribution in [3.05, 3.63) is 46.4 Å². The van der Waals surface area contributed by atoms with E-state index in [1.807, 2.05) is 6.92 Å². The first-order chi connectivity index (χ1) is 12.7. The summed E-state index contributed by atoms with van der Waals surface area (Å²) in [4.78, 5) is 18.8. The molecule has 2 aliphatic rings. The Hall–Kier alpha value is -2.08. The summed E-state index contributed by atoms with van der Waals surface area (Å²) in [6.07, 6.45) is 6.75. The van der Waals surface area contributed by atoms with Crippen molar-refractivity contribution in [1.82, 2.24) is 14.9 Å². The highest BCUT2D eigenvalue weighted by Crippen LogP contribution is 2.47. The number of hydrogen-bond acceptors (Lipinski definition) is 5. The molecule has 1 saturated heterocycles. The smallest absolute Gasteiger partial charge is 0.293 e. The molecule has 2 aromatic heterocycles. The minimum Gasteiger partial charge on any atom is -0.464 e. The summed E-state index contributed by atoms with van der Waals surface area (Å²) in [6.45, 7) is 7.42. The van der Waals surface area contributed by atoms with Gasteiger partial charge in [-0.2, -0.15) is 0 Å². The molecule has 3 heterocycles. The third-order valence-corrected chi connectivity index (χ3v) is 5.75. The number of piperidine rings is 1. The molecule has 0 unspecified atom stereocenters. The number of aromatic nitrogens is 2. The first kappa shape index (κ1) is 17.3. The van der Waals surface area contributed by atoms with Gasteiger partial charge >= 0.3 is 0 Å². The van der Waals surface area contributed by atoms with Gasteiger partial charge in [-0.1, -0.05) is 6.92 Å². The van der Waals surface area contributed by atoms with E-state index in [-0.39, 0.29) is 5.56 Å². The lowest BCUT2D eigenvalue weighted by Crippen LogP contribution is -2.44. The molecule has 1 aliphatic heterocycles. The first-order valence-corrected chi connectivity index (χ1v) is 9.78. The number of anilines is 1. The summed E-state index contributed by atoms with van der Waals surface area (Å²) in [5, 5.41) is 3.61. The van der Waals surface area contributed by atoms with Gasteiger partial charge in [-0.3, -0.25) is 4.79 Å². The van der Waals surface area contributed by atoms with Crippen molar-refractivity contribution in [2.24, 2.45) is 5.92 Å². The molecule has 1 N–H and O–H groups in total. The summed E-state index contributed by atoms with van der Waals surface area (Å²) in [7, 11) is 0. The highest BCUT2D eigenvalue weighted by molar-refractivity contribution is 5.36. The van der Waals surface area contributed by atoms with Crippen LogP contribution in [0.1, 0.15) is 50.5 Å². The van der Waals surface area contributed by atoms with E-state index in [1.54, 1.807) is 17.0 Å². The maximum absolute atomic E-state index is 12.4. The Morgan fingerprint density at radius 1 is 1.31 bits per heavy atom.